The van der Waals surface area contributed by atoms with E-state index in [9.17, 15) is 0 Å². The van der Waals surface area contributed by atoms with Crippen molar-refractivity contribution in [3.8, 4) is 0 Å². The van der Waals surface area contributed by atoms with Gasteiger partial charge >= 0.3 is 0 Å². The number of hydrogen-bond acceptors (Lipinski definition) is 2. The molecule has 0 radical (unpaired) electrons. The highest BCUT2D eigenvalue weighted by Gasteiger charge is 2.15. The summed E-state index contributed by atoms with van der Waals surface area (Å²) in [6, 6.07) is 4.77. The number of aromatic nitrogens is 1. The summed E-state index contributed by atoms with van der Waals surface area (Å²) in [4.78, 5) is 4.34. The number of nitrogens with one attached hydrogen (secondary N) is 1. The van der Waals surface area contributed by atoms with Crippen molar-refractivity contribution in [2.45, 2.75) is 38.6 Å². The average Bonchev–Trinajstić information content (AvgIpc) is 2.47. The van der Waals surface area contributed by atoms with Crippen LogP contribution in [0.3, 0.4) is 0 Å². The van der Waals surface area contributed by atoms with Crippen molar-refractivity contribution in [3.63, 3.8) is 0 Å². The maximum atomic E-state index is 4.34. The molecule has 76 valence electrons. The second-order valence-electron chi connectivity index (χ2n) is 4.03. The number of hydrogen-bond donors (Lipinski definition) is 1. The first-order valence-corrected chi connectivity index (χ1v) is 5.53. The van der Waals surface area contributed by atoms with Crippen LogP contribution in [-0.4, -0.2) is 11.5 Å². The Morgan fingerprint density at radius 1 is 1.36 bits per heavy atom. The van der Waals surface area contributed by atoms with Gasteiger partial charge in [0.05, 0.1) is 0 Å². The monoisotopic (exact) mass is 190 g/mol. The summed E-state index contributed by atoms with van der Waals surface area (Å²) in [7, 11) is 0. The Bertz CT molecular complexity index is 288. The SMILES string of the molecule is Cc1ncccc1C1CCCCCN1. The Hall–Kier alpha value is -0.890. The first-order chi connectivity index (χ1) is 6.88. The summed E-state index contributed by atoms with van der Waals surface area (Å²) in [6.07, 6.45) is 7.15. The lowest BCUT2D eigenvalue weighted by Gasteiger charge is -2.17. The van der Waals surface area contributed by atoms with E-state index >= 15 is 0 Å². The van der Waals surface area contributed by atoms with Crippen LogP contribution in [-0.2, 0) is 0 Å². The molecule has 1 N–H and O–H groups in total. The molecular formula is C12H18N2. The van der Waals surface area contributed by atoms with Crippen LogP contribution in [0.25, 0.3) is 0 Å². The molecule has 0 saturated carbocycles. The third-order valence-electron chi connectivity index (χ3n) is 2.98. The molecule has 2 nitrogen and oxygen atoms in total. The van der Waals surface area contributed by atoms with E-state index in [-0.39, 0.29) is 0 Å². The second kappa shape index (κ2) is 4.56. The zero-order chi connectivity index (χ0) is 9.80. The molecule has 1 saturated heterocycles. The van der Waals surface area contributed by atoms with E-state index in [1.807, 2.05) is 12.3 Å². The Labute approximate surface area is 85.7 Å². The Balaban J connectivity index is 2.16. The quantitative estimate of drug-likeness (QED) is 0.736. The van der Waals surface area contributed by atoms with E-state index < -0.39 is 0 Å². The summed E-state index contributed by atoms with van der Waals surface area (Å²) in [5.74, 6) is 0. The van der Waals surface area contributed by atoms with Gasteiger partial charge in [-0.2, -0.15) is 0 Å². The van der Waals surface area contributed by atoms with E-state index in [1.165, 1.54) is 36.9 Å². The predicted molar refractivity (Wildman–Crippen MR) is 58.2 cm³/mol. The standard InChI is InChI=1S/C12H18N2/c1-10-11(6-5-9-13-10)12-7-3-2-4-8-14-12/h5-6,9,12,14H,2-4,7-8H2,1H3. The van der Waals surface area contributed by atoms with Crippen LogP contribution in [0.4, 0.5) is 0 Å². The molecule has 14 heavy (non-hydrogen) atoms. The molecule has 2 rings (SSSR count). The highest BCUT2D eigenvalue weighted by molar-refractivity contribution is 5.22. The first kappa shape index (κ1) is 9.66. The maximum Gasteiger partial charge on any atom is 0.0420 e. The average molecular weight is 190 g/mol. The van der Waals surface area contributed by atoms with Gasteiger partial charge < -0.3 is 5.32 Å². The second-order valence-corrected chi connectivity index (χ2v) is 4.03. The minimum atomic E-state index is 0.534. The van der Waals surface area contributed by atoms with Gasteiger partial charge in [0.15, 0.2) is 0 Å². The topological polar surface area (TPSA) is 24.9 Å². The number of aryl methyl sites for hydroxylation is 1. The minimum Gasteiger partial charge on any atom is -0.310 e. The highest BCUT2D eigenvalue weighted by atomic mass is 14.9. The van der Waals surface area contributed by atoms with Gasteiger partial charge in [0.25, 0.3) is 0 Å². The molecule has 0 aliphatic carbocycles. The van der Waals surface area contributed by atoms with Gasteiger partial charge in [0, 0.05) is 17.9 Å². The zero-order valence-electron chi connectivity index (χ0n) is 8.79. The largest absolute Gasteiger partial charge is 0.310 e. The van der Waals surface area contributed by atoms with Crippen LogP contribution in [0, 0.1) is 6.92 Å². The van der Waals surface area contributed by atoms with E-state index in [0.29, 0.717) is 6.04 Å². The Morgan fingerprint density at radius 2 is 2.29 bits per heavy atom. The van der Waals surface area contributed by atoms with Crippen molar-refractivity contribution in [1.82, 2.24) is 10.3 Å². The van der Waals surface area contributed by atoms with Crippen LogP contribution < -0.4 is 5.32 Å². The number of pyridine rings is 1. The lowest BCUT2D eigenvalue weighted by Crippen LogP contribution is -2.21. The smallest absolute Gasteiger partial charge is 0.0420 e. The minimum absolute atomic E-state index is 0.534. The summed E-state index contributed by atoms with van der Waals surface area (Å²) < 4.78 is 0. The van der Waals surface area contributed by atoms with Gasteiger partial charge in [-0.1, -0.05) is 18.9 Å². The molecule has 1 fully saturated rings. The number of rotatable bonds is 1. The Kier molecular flexibility index (Phi) is 3.14. The van der Waals surface area contributed by atoms with Gasteiger partial charge in [-0.3, -0.25) is 4.98 Å². The molecule has 1 atom stereocenters. The van der Waals surface area contributed by atoms with Crippen molar-refractivity contribution in [2.75, 3.05) is 6.54 Å². The van der Waals surface area contributed by atoms with Crippen LogP contribution in [0.5, 0.6) is 0 Å². The van der Waals surface area contributed by atoms with Crippen molar-refractivity contribution in [2.24, 2.45) is 0 Å². The molecule has 1 unspecified atom stereocenters. The van der Waals surface area contributed by atoms with Crippen molar-refractivity contribution >= 4 is 0 Å². The fourth-order valence-electron chi connectivity index (χ4n) is 2.16. The first-order valence-electron chi connectivity index (χ1n) is 5.53. The van der Waals surface area contributed by atoms with E-state index in [0.717, 1.165) is 6.54 Å². The third-order valence-corrected chi connectivity index (χ3v) is 2.98. The molecule has 1 aromatic heterocycles. The van der Waals surface area contributed by atoms with Gasteiger partial charge in [-0.05, 0) is 37.9 Å². The maximum absolute atomic E-state index is 4.34. The van der Waals surface area contributed by atoms with E-state index in [2.05, 4.69) is 23.3 Å². The molecule has 1 aliphatic heterocycles. The fraction of sp³-hybridized carbons (Fsp3) is 0.583. The fourth-order valence-corrected chi connectivity index (χ4v) is 2.16. The summed E-state index contributed by atoms with van der Waals surface area (Å²) >= 11 is 0. The lowest BCUT2D eigenvalue weighted by molar-refractivity contribution is 0.530. The van der Waals surface area contributed by atoms with E-state index in [4.69, 9.17) is 0 Å². The highest BCUT2D eigenvalue weighted by Crippen LogP contribution is 2.23. The normalized spacial score (nSPS) is 23.1. The zero-order valence-corrected chi connectivity index (χ0v) is 8.79. The molecule has 1 aromatic rings. The third kappa shape index (κ3) is 2.13. The van der Waals surface area contributed by atoms with Crippen LogP contribution >= 0.6 is 0 Å². The molecule has 0 amide bonds. The molecular weight excluding hydrogens is 172 g/mol. The van der Waals surface area contributed by atoms with Gasteiger partial charge in [-0.15, -0.1) is 0 Å². The van der Waals surface area contributed by atoms with Gasteiger partial charge in [0.1, 0.15) is 0 Å². The van der Waals surface area contributed by atoms with Crippen LogP contribution in [0.1, 0.15) is 43.0 Å². The molecule has 0 bridgehead atoms. The van der Waals surface area contributed by atoms with Gasteiger partial charge in [-0.25, -0.2) is 0 Å². The molecule has 0 aromatic carbocycles. The van der Waals surface area contributed by atoms with Crippen molar-refractivity contribution < 1.29 is 0 Å². The molecule has 2 heteroatoms. The van der Waals surface area contributed by atoms with Crippen molar-refractivity contribution in [1.29, 1.82) is 0 Å². The van der Waals surface area contributed by atoms with Crippen LogP contribution in [0.15, 0.2) is 18.3 Å². The van der Waals surface area contributed by atoms with Gasteiger partial charge in [0.2, 0.25) is 0 Å². The summed E-state index contributed by atoms with van der Waals surface area (Å²) in [5, 5.41) is 3.60. The van der Waals surface area contributed by atoms with Crippen molar-refractivity contribution in [3.05, 3.63) is 29.6 Å². The predicted octanol–water partition coefficient (Wildman–Crippen LogP) is 2.59. The molecule has 2 heterocycles. The van der Waals surface area contributed by atoms with Crippen LogP contribution in [0.2, 0.25) is 0 Å². The summed E-state index contributed by atoms with van der Waals surface area (Å²) in [5.41, 5.74) is 2.56. The molecule has 0 spiro atoms. The number of nitrogens with zero attached hydrogens (tertiary/aromatic N) is 1. The lowest BCUT2D eigenvalue weighted by atomic mass is 10.0. The Morgan fingerprint density at radius 3 is 3.14 bits per heavy atom. The molecule has 1 aliphatic rings. The van der Waals surface area contributed by atoms with E-state index in [1.54, 1.807) is 0 Å². The summed E-state index contributed by atoms with van der Waals surface area (Å²) in [6.45, 7) is 3.25.